The van der Waals surface area contributed by atoms with Crippen molar-refractivity contribution in [2.24, 2.45) is 0 Å². The van der Waals surface area contributed by atoms with Gasteiger partial charge in [0.15, 0.2) is 6.61 Å². The van der Waals surface area contributed by atoms with Crippen LogP contribution in [0.2, 0.25) is 0 Å². The Hall–Kier alpha value is -2.91. The van der Waals surface area contributed by atoms with Crippen LogP contribution >= 0.6 is 23.1 Å². The van der Waals surface area contributed by atoms with E-state index in [4.69, 9.17) is 4.74 Å². The normalized spacial score (nSPS) is 13.6. The molecule has 30 heavy (non-hydrogen) atoms. The molecule has 1 aliphatic heterocycles. The molecule has 0 aliphatic carbocycles. The van der Waals surface area contributed by atoms with Gasteiger partial charge >= 0.3 is 5.97 Å². The largest absolute Gasteiger partial charge is 0.454 e. The molecule has 0 atom stereocenters. The van der Waals surface area contributed by atoms with Crippen LogP contribution in [-0.4, -0.2) is 52.4 Å². The van der Waals surface area contributed by atoms with Crippen LogP contribution in [0.3, 0.4) is 0 Å². The van der Waals surface area contributed by atoms with Crippen molar-refractivity contribution in [3.05, 3.63) is 48.0 Å². The SMILES string of the molecule is Cc1ccc2nc(-c3ccc(NC(=O)COC(=O)CN4CCSC4=O)cc3)sc2c1. The van der Waals surface area contributed by atoms with E-state index in [0.717, 1.165) is 20.8 Å². The highest BCUT2D eigenvalue weighted by Crippen LogP contribution is 2.31. The Bertz CT molecular complexity index is 1110. The fraction of sp³-hybridized carbons (Fsp3) is 0.238. The van der Waals surface area contributed by atoms with Crippen molar-refractivity contribution < 1.29 is 19.1 Å². The zero-order chi connectivity index (χ0) is 21.1. The number of aryl methyl sites for hydroxylation is 1. The van der Waals surface area contributed by atoms with Gasteiger partial charge in [-0.3, -0.25) is 14.4 Å². The zero-order valence-electron chi connectivity index (χ0n) is 16.2. The number of esters is 1. The van der Waals surface area contributed by atoms with Crippen LogP contribution in [0.1, 0.15) is 5.56 Å². The quantitative estimate of drug-likeness (QED) is 0.583. The predicted molar refractivity (Wildman–Crippen MR) is 119 cm³/mol. The number of anilines is 1. The Morgan fingerprint density at radius 2 is 2.00 bits per heavy atom. The van der Waals surface area contributed by atoms with E-state index in [2.05, 4.69) is 23.3 Å². The van der Waals surface area contributed by atoms with Crippen LogP contribution in [-0.2, 0) is 14.3 Å². The van der Waals surface area contributed by atoms with Crippen molar-refractivity contribution in [2.45, 2.75) is 6.92 Å². The number of fused-ring (bicyclic) bond motifs is 1. The second-order valence-corrected chi connectivity index (χ2v) is 8.89. The Morgan fingerprint density at radius 1 is 1.20 bits per heavy atom. The minimum atomic E-state index is -0.595. The third-order valence-electron chi connectivity index (χ3n) is 4.49. The molecule has 4 rings (SSSR count). The van der Waals surface area contributed by atoms with Crippen LogP contribution in [0.15, 0.2) is 42.5 Å². The summed E-state index contributed by atoms with van der Waals surface area (Å²) in [5.41, 5.74) is 3.73. The topological polar surface area (TPSA) is 88.6 Å². The van der Waals surface area contributed by atoms with Gasteiger partial charge in [0.1, 0.15) is 11.6 Å². The molecule has 2 aromatic carbocycles. The first-order valence-electron chi connectivity index (χ1n) is 9.33. The molecule has 2 amide bonds. The van der Waals surface area contributed by atoms with Gasteiger partial charge in [-0.15, -0.1) is 11.3 Å². The molecule has 3 aromatic rings. The Balaban J connectivity index is 1.31. The molecular weight excluding hydrogens is 422 g/mol. The van der Waals surface area contributed by atoms with Gasteiger partial charge in [0, 0.05) is 23.5 Å². The van der Waals surface area contributed by atoms with E-state index in [-0.39, 0.29) is 11.8 Å². The van der Waals surface area contributed by atoms with Gasteiger partial charge in [-0.2, -0.15) is 0 Å². The lowest BCUT2D eigenvalue weighted by molar-refractivity contribution is -0.147. The molecule has 9 heteroatoms. The molecule has 0 radical (unpaired) electrons. The Morgan fingerprint density at radius 3 is 2.73 bits per heavy atom. The van der Waals surface area contributed by atoms with Crippen molar-refractivity contribution in [3.63, 3.8) is 0 Å². The van der Waals surface area contributed by atoms with E-state index in [9.17, 15) is 14.4 Å². The monoisotopic (exact) mass is 441 g/mol. The molecule has 154 valence electrons. The summed E-state index contributed by atoms with van der Waals surface area (Å²) in [4.78, 5) is 41.4. The average molecular weight is 442 g/mol. The number of aromatic nitrogens is 1. The number of carbonyl (C=O) groups excluding carboxylic acids is 3. The molecule has 1 fully saturated rings. The van der Waals surface area contributed by atoms with Crippen molar-refractivity contribution in [1.82, 2.24) is 9.88 Å². The number of nitrogens with one attached hydrogen (secondary N) is 1. The molecule has 2 heterocycles. The van der Waals surface area contributed by atoms with E-state index < -0.39 is 18.5 Å². The maximum Gasteiger partial charge on any atom is 0.326 e. The molecule has 1 aromatic heterocycles. The van der Waals surface area contributed by atoms with Gasteiger partial charge in [0.05, 0.1) is 10.2 Å². The summed E-state index contributed by atoms with van der Waals surface area (Å²) >= 11 is 2.79. The summed E-state index contributed by atoms with van der Waals surface area (Å²) in [6, 6.07) is 13.5. The third kappa shape index (κ3) is 4.80. The van der Waals surface area contributed by atoms with Gasteiger partial charge < -0.3 is 15.0 Å². The second kappa shape index (κ2) is 8.85. The highest BCUT2D eigenvalue weighted by Gasteiger charge is 2.24. The number of nitrogens with zero attached hydrogens (tertiary/aromatic N) is 2. The first-order valence-corrected chi connectivity index (χ1v) is 11.1. The lowest BCUT2D eigenvalue weighted by Crippen LogP contribution is -2.32. The van der Waals surface area contributed by atoms with Gasteiger partial charge in [-0.25, -0.2) is 4.98 Å². The second-order valence-electron chi connectivity index (χ2n) is 6.81. The number of benzene rings is 2. The lowest BCUT2D eigenvalue weighted by atomic mass is 10.2. The number of carbonyl (C=O) groups is 3. The Kier molecular flexibility index (Phi) is 6.01. The number of rotatable bonds is 6. The third-order valence-corrected chi connectivity index (χ3v) is 6.45. The summed E-state index contributed by atoms with van der Waals surface area (Å²) in [5, 5.41) is 3.47. The van der Waals surface area contributed by atoms with Crippen LogP contribution in [0, 0.1) is 6.92 Å². The van der Waals surface area contributed by atoms with E-state index in [0.29, 0.717) is 18.0 Å². The van der Waals surface area contributed by atoms with Crippen LogP contribution in [0.5, 0.6) is 0 Å². The number of amides is 2. The zero-order valence-corrected chi connectivity index (χ0v) is 17.8. The van der Waals surface area contributed by atoms with E-state index >= 15 is 0 Å². The molecule has 0 unspecified atom stereocenters. The van der Waals surface area contributed by atoms with Crippen LogP contribution < -0.4 is 5.32 Å². The van der Waals surface area contributed by atoms with E-state index in [1.165, 1.54) is 22.2 Å². The molecule has 1 N–H and O–H groups in total. The number of hydrogen-bond acceptors (Lipinski definition) is 7. The molecule has 0 spiro atoms. The summed E-state index contributed by atoms with van der Waals surface area (Å²) in [7, 11) is 0. The van der Waals surface area contributed by atoms with Crippen LogP contribution in [0.25, 0.3) is 20.8 Å². The minimum Gasteiger partial charge on any atom is -0.454 e. The molecule has 7 nitrogen and oxygen atoms in total. The fourth-order valence-electron chi connectivity index (χ4n) is 2.97. The smallest absolute Gasteiger partial charge is 0.326 e. The lowest BCUT2D eigenvalue weighted by Gasteiger charge is -2.13. The fourth-order valence-corrected chi connectivity index (χ4v) is 4.86. The minimum absolute atomic E-state index is 0.129. The molecule has 1 saturated heterocycles. The molecule has 0 saturated carbocycles. The predicted octanol–water partition coefficient (Wildman–Crippen LogP) is 3.92. The highest BCUT2D eigenvalue weighted by atomic mass is 32.2. The van der Waals surface area contributed by atoms with Gasteiger partial charge in [-0.05, 0) is 48.9 Å². The molecular formula is C21H19N3O4S2. The van der Waals surface area contributed by atoms with Crippen molar-refractivity contribution in [2.75, 3.05) is 30.8 Å². The standard InChI is InChI=1S/C21H19N3O4S2/c1-13-2-7-16-17(10-13)30-20(23-16)14-3-5-15(6-4-14)22-18(25)12-28-19(26)11-24-8-9-29-21(24)27/h2-7,10H,8-9,11-12H2,1H3,(H,22,25). The molecule has 1 aliphatic rings. The van der Waals surface area contributed by atoms with Crippen LogP contribution in [0.4, 0.5) is 10.5 Å². The summed E-state index contributed by atoms with van der Waals surface area (Å²) in [6.45, 7) is 2.05. The van der Waals surface area contributed by atoms with Crippen molar-refractivity contribution in [3.8, 4) is 10.6 Å². The van der Waals surface area contributed by atoms with E-state index in [1.54, 1.807) is 23.5 Å². The van der Waals surface area contributed by atoms with Crippen molar-refractivity contribution >= 4 is 56.1 Å². The highest BCUT2D eigenvalue weighted by molar-refractivity contribution is 8.13. The van der Waals surface area contributed by atoms with Crippen molar-refractivity contribution in [1.29, 1.82) is 0 Å². The summed E-state index contributed by atoms with van der Waals surface area (Å²) in [5.74, 6) is -0.365. The van der Waals surface area contributed by atoms with Gasteiger partial charge in [0.2, 0.25) is 0 Å². The number of ether oxygens (including phenoxy) is 1. The van der Waals surface area contributed by atoms with E-state index in [1.807, 2.05) is 24.3 Å². The number of thiazole rings is 1. The maximum atomic E-state index is 12.0. The van der Waals surface area contributed by atoms with Gasteiger partial charge in [-0.1, -0.05) is 17.8 Å². The molecule has 0 bridgehead atoms. The first-order chi connectivity index (χ1) is 14.5. The summed E-state index contributed by atoms with van der Waals surface area (Å²) in [6.07, 6.45) is 0. The number of hydrogen-bond donors (Lipinski definition) is 1. The average Bonchev–Trinajstić information content (AvgIpc) is 3.33. The maximum absolute atomic E-state index is 12.0. The first kappa shape index (κ1) is 20.4. The Labute approximate surface area is 181 Å². The number of thioether (sulfide) groups is 1. The van der Waals surface area contributed by atoms with Gasteiger partial charge in [0.25, 0.3) is 11.1 Å². The summed E-state index contributed by atoms with van der Waals surface area (Å²) < 4.78 is 6.10.